The third-order valence-electron chi connectivity index (χ3n) is 3.40. The predicted molar refractivity (Wildman–Crippen MR) is 65.0 cm³/mol. The van der Waals surface area contributed by atoms with Crippen LogP contribution in [0.5, 0.6) is 0 Å². The second-order valence-corrected chi connectivity index (χ2v) is 4.87. The van der Waals surface area contributed by atoms with Crippen LogP contribution in [0, 0.1) is 0 Å². The fourth-order valence-corrected chi connectivity index (χ4v) is 2.34. The number of aliphatic hydroxyl groups excluding tert-OH is 1. The van der Waals surface area contributed by atoms with Crippen LogP contribution in [0.15, 0.2) is 0 Å². The molecular weight excluding hydrogens is 186 g/mol. The average Bonchev–Trinajstić information content (AvgIpc) is 2.43. The Hall–Kier alpha value is -0.0800. The van der Waals surface area contributed by atoms with Gasteiger partial charge in [-0.1, -0.05) is 26.2 Å². The molecular formula is C13H27NO. The highest BCUT2D eigenvalue weighted by atomic mass is 16.3. The first-order valence-corrected chi connectivity index (χ1v) is 6.74. The second-order valence-electron chi connectivity index (χ2n) is 4.87. The summed E-state index contributed by atoms with van der Waals surface area (Å²) in [6.45, 7) is 3.42. The van der Waals surface area contributed by atoms with E-state index in [4.69, 9.17) is 0 Å². The molecule has 0 saturated heterocycles. The Labute approximate surface area is 94.5 Å². The highest BCUT2D eigenvalue weighted by Crippen LogP contribution is 2.17. The highest BCUT2D eigenvalue weighted by molar-refractivity contribution is 4.74. The van der Waals surface area contributed by atoms with Crippen molar-refractivity contribution in [1.82, 2.24) is 5.32 Å². The lowest BCUT2D eigenvalue weighted by Crippen LogP contribution is -2.29. The lowest BCUT2D eigenvalue weighted by Gasteiger charge is -2.15. The zero-order chi connectivity index (χ0) is 10.9. The number of hydrogen-bond acceptors (Lipinski definition) is 2. The van der Waals surface area contributed by atoms with Gasteiger partial charge in [0.05, 0.1) is 6.10 Å². The largest absolute Gasteiger partial charge is 0.393 e. The van der Waals surface area contributed by atoms with E-state index < -0.39 is 0 Å². The van der Waals surface area contributed by atoms with Gasteiger partial charge in [-0.05, 0) is 45.1 Å². The van der Waals surface area contributed by atoms with Crippen molar-refractivity contribution >= 4 is 0 Å². The normalized spacial score (nSPS) is 27.6. The van der Waals surface area contributed by atoms with Crippen molar-refractivity contribution in [2.45, 2.75) is 76.9 Å². The minimum absolute atomic E-state index is 0.0307. The highest BCUT2D eigenvalue weighted by Gasteiger charge is 2.15. The van der Waals surface area contributed by atoms with Crippen LogP contribution < -0.4 is 5.32 Å². The molecule has 1 rings (SSSR count). The molecule has 90 valence electrons. The van der Waals surface area contributed by atoms with Gasteiger partial charge in [-0.15, -0.1) is 0 Å². The topological polar surface area (TPSA) is 32.3 Å². The van der Waals surface area contributed by atoms with E-state index in [1.807, 2.05) is 0 Å². The smallest absolute Gasteiger partial charge is 0.0540 e. The molecule has 0 heterocycles. The molecule has 0 aliphatic heterocycles. The molecule has 2 N–H and O–H groups in total. The molecule has 0 aromatic heterocycles. The van der Waals surface area contributed by atoms with Crippen molar-refractivity contribution in [2.24, 2.45) is 0 Å². The molecule has 0 spiro atoms. The third kappa shape index (κ3) is 6.16. The van der Waals surface area contributed by atoms with Gasteiger partial charge in [-0.2, -0.15) is 0 Å². The van der Waals surface area contributed by atoms with Gasteiger partial charge >= 0.3 is 0 Å². The van der Waals surface area contributed by atoms with Crippen molar-refractivity contribution in [3.63, 3.8) is 0 Å². The van der Waals surface area contributed by atoms with Gasteiger partial charge in [-0.25, -0.2) is 0 Å². The predicted octanol–water partition coefficient (Wildman–Crippen LogP) is 2.85. The molecule has 0 aromatic rings. The zero-order valence-electron chi connectivity index (χ0n) is 10.2. The molecule has 1 saturated carbocycles. The van der Waals surface area contributed by atoms with Crippen LogP contribution >= 0.6 is 0 Å². The van der Waals surface area contributed by atoms with Crippen molar-refractivity contribution < 1.29 is 5.11 Å². The quantitative estimate of drug-likeness (QED) is 0.525. The summed E-state index contributed by atoms with van der Waals surface area (Å²) >= 11 is 0. The monoisotopic (exact) mass is 213 g/mol. The second kappa shape index (κ2) is 8.12. The molecule has 0 aromatic carbocycles. The first kappa shape index (κ1) is 13.0. The Morgan fingerprint density at radius 3 is 2.73 bits per heavy atom. The maximum atomic E-state index is 9.52. The molecule has 1 aliphatic rings. The number of unbranched alkanes of at least 4 members (excludes halogenated alkanes) is 3. The lowest BCUT2D eigenvalue weighted by atomic mass is 10.1. The first-order chi connectivity index (χ1) is 7.33. The Kier molecular flexibility index (Phi) is 7.03. The van der Waals surface area contributed by atoms with Crippen molar-refractivity contribution in [2.75, 3.05) is 6.54 Å². The van der Waals surface area contributed by atoms with Crippen molar-refractivity contribution in [3.8, 4) is 0 Å². The Morgan fingerprint density at radius 1 is 1.07 bits per heavy atom. The fraction of sp³-hybridized carbons (Fsp3) is 1.00. The first-order valence-electron chi connectivity index (χ1n) is 6.74. The molecule has 1 fully saturated rings. The van der Waals surface area contributed by atoms with E-state index in [2.05, 4.69) is 12.2 Å². The SMILES string of the molecule is CCCCCCN[C@@H]1CCC[C@H](O)CC1. The molecule has 2 atom stereocenters. The molecule has 0 bridgehead atoms. The standard InChI is InChI=1S/C13H27NO/c1-2-3-4-5-11-14-12-7-6-8-13(15)10-9-12/h12-15H,2-11H2,1H3/t12-,13+/m1/s1. The fourth-order valence-electron chi connectivity index (χ4n) is 2.34. The van der Waals surface area contributed by atoms with E-state index in [0.717, 1.165) is 19.3 Å². The summed E-state index contributed by atoms with van der Waals surface area (Å²) in [5, 5.41) is 13.2. The zero-order valence-corrected chi connectivity index (χ0v) is 10.2. The average molecular weight is 213 g/mol. The van der Waals surface area contributed by atoms with Crippen LogP contribution in [0.25, 0.3) is 0 Å². The Morgan fingerprint density at radius 2 is 1.93 bits per heavy atom. The van der Waals surface area contributed by atoms with Gasteiger partial charge in [0.1, 0.15) is 0 Å². The van der Waals surface area contributed by atoms with Gasteiger partial charge in [0.2, 0.25) is 0 Å². The van der Waals surface area contributed by atoms with Gasteiger partial charge in [0.15, 0.2) is 0 Å². The number of aliphatic hydroxyl groups is 1. The Bertz CT molecular complexity index is 149. The maximum absolute atomic E-state index is 9.52. The van der Waals surface area contributed by atoms with E-state index in [1.165, 1.54) is 45.1 Å². The van der Waals surface area contributed by atoms with Crippen LogP contribution in [-0.4, -0.2) is 23.8 Å². The number of nitrogens with one attached hydrogen (secondary N) is 1. The van der Waals surface area contributed by atoms with Crippen LogP contribution in [0.3, 0.4) is 0 Å². The lowest BCUT2D eigenvalue weighted by molar-refractivity contribution is 0.156. The van der Waals surface area contributed by atoms with Crippen LogP contribution in [0.2, 0.25) is 0 Å². The van der Waals surface area contributed by atoms with Gasteiger partial charge < -0.3 is 10.4 Å². The minimum atomic E-state index is -0.0307. The third-order valence-corrected chi connectivity index (χ3v) is 3.40. The van der Waals surface area contributed by atoms with E-state index in [1.54, 1.807) is 0 Å². The van der Waals surface area contributed by atoms with Gasteiger partial charge in [-0.3, -0.25) is 0 Å². The van der Waals surface area contributed by atoms with Crippen LogP contribution in [0.1, 0.15) is 64.7 Å². The number of rotatable bonds is 6. The van der Waals surface area contributed by atoms with Crippen molar-refractivity contribution in [1.29, 1.82) is 0 Å². The molecule has 0 radical (unpaired) electrons. The summed E-state index contributed by atoms with van der Waals surface area (Å²) in [7, 11) is 0. The van der Waals surface area contributed by atoms with E-state index >= 15 is 0 Å². The molecule has 0 unspecified atom stereocenters. The van der Waals surface area contributed by atoms with Crippen LogP contribution in [0.4, 0.5) is 0 Å². The Balaban J connectivity index is 2.00. The van der Waals surface area contributed by atoms with E-state index in [0.29, 0.717) is 6.04 Å². The molecule has 1 aliphatic carbocycles. The van der Waals surface area contributed by atoms with E-state index in [9.17, 15) is 5.11 Å². The summed E-state index contributed by atoms with van der Waals surface area (Å²) < 4.78 is 0. The molecule has 15 heavy (non-hydrogen) atoms. The summed E-state index contributed by atoms with van der Waals surface area (Å²) in [4.78, 5) is 0. The van der Waals surface area contributed by atoms with E-state index in [-0.39, 0.29) is 6.10 Å². The van der Waals surface area contributed by atoms with Crippen LogP contribution in [-0.2, 0) is 0 Å². The summed E-state index contributed by atoms with van der Waals surface area (Å²) in [5.74, 6) is 0. The summed E-state index contributed by atoms with van der Waals surface area (Å²) in [6, 6.07) is 0.670. The summed E-state index contributed by atoms with van der Waals surface area (Å²) in [5.41, 5.74) is 0. The van der Waals surface area contributed by atoms with Crippen molar-refractivity contribution in [3.05, 3.63) is 0 Å². The van der Waals surface area contributed by atoms with Gasteiger partial charge in [0.25, 0.3) is 0 Å². The minimum Gasteiger partial charge on any atom is -0.393 e. The molecule has 2 heteroatoms. The summed E-state index contributed by atoms with van der Waals surface area (Å²) in [6.07, 6.45) is 10.9. The van der Waals surface area contributed by atoms with Gasteiger partial charge in [0, 0.05) is 6.04 Å². The number of hydrogen-bond donors (Lipinski definition) is 2. The molecule has 0 amide bonds. The molecule has 2 nitrogen and oxygen atoms in total. The maximum Gasteiger partial charge on any atom is 0.0540 e.